The van der Waals surface area contributed by atoms with E-state index < -0.39 is 5.82 Å². The predicted molar refractivity (Wildman–Crippen MR) is 66.2 cm³/mol. The second-order valence-electron chi connectivity index (χ2n) is 3.72. The van der Waals surface area contributed by atoms with Gasteiger partial charge in [0.1, 0.15) is 0 Å². The number of rotatable bonds is 3. The Kier molecular flexibility index (Phi) is 3.14. The average molecular weight is 232 g/mol. The molecule has 17 heavy (non-hydrogen) atoms. The van der Waals surface area contributed by atoms with Crippen LogP contribution in [0.3, 0.4) is 0 Å². The average Bonchev–Trinajstić information content (AvgIpc) is 2.32. The van der Waals surface area contributed by atoms with E-state index in [1.807, 2.05) is 24.3 Å². The third-order valence-corrected chi connectivity index (χ3v) is 2.49. The van der Waals surface area contributed by atoms with Crippen LogP contribution in [0.5, 0.6) is 5.75 Å². The maximum atomic E-state index is 13.1. The molecule has 2 rings (SSSR count). The van der Waals surface area contributed by atoms with Crippen molar-refractivity contribution < 1.29 is 9.50 Å². The Bertz CT molecular complexity index is 529. The highest BCUT2D eigenvalue weighted by molar-refractivity contribution is 5.51. The number of para-hydroxylation sites is 1. The van der Waals surface area contributed by atoms with Gasteiger partial charge in [-0.05, 0) is 23.8 Å². The van der Waals surface area contributed by atoms with Gasteiger partial charge >= 0.3 is 0 Å². The number of nitrogens with two attached hydrogens (primary N) is 1. The molecule has 0 aliphatic carbocycles. The van der Waals surface area contributed by atoms with Crippen molar-refractivity contribution in [3.05, 3.63) is 53.8 Å². The first-order chi connectivity index (χ1) is 8.16. The first kappa shape index (κ1) is 11.3. The largest absolute Gasteiger partial charge is 0.505 e. The molecule has 0 radical (unpaired) electrons. The number of phenols is 1. The monoisotopic (exact) mass is 232 g/mol. The third-order valence-electron chi connectivity index (χ3n) is 2.49. The summed E-state index contributed by atoms with van der Waals surface area (Å²) in [5, 5.41) is 12.1. The molecule has 0 amide bonds. The first-order valence-electron chi connectivity index (χ1n) is 5.22. The molecule has 0 unspecified atom stereocenters. The molecule has 2 aromatic rings. The Morgan fingerprint density at radius 1 is 1.18 bits per heavy atom. The first-order valence-corrected chi connectivity index (χ1v) is 5.22. The zero-order valence-corrected chi connectivity index (χ0v) is 9.15. The molecule has 3 nitrogen and oxygen atoms in total. The van der Waals surface area contributed by atoms with E-state index in [0.29, 0.717) is 17.9 Å². The van der Waals surface area contributed by atoms with E-state index >= 15 is 0 Å². The van der Waals surface area contributed by atoms with Crippen LogP contribution in [0.4, 0.5) is 15.8 Å². The minimum Gasteiger partial charge on any atom is -0.505 e. The van der Waals surface area contributed by atoms with Gasteiger partial charge in [0.2, 0.25) is 0 Å². The summed E-state index contributed by atoms with van der Waals surface area (Å²) in [7, 11) is 0. The van der Waals surface area contributed by atoms with Gasteiger partial charge in [0.15, 0.2) is 11.6 Å². The fraction of sp³-hybridized carbons (Fsp3) is 0.0769. The summed E-state index contributed by atoms with van der Waals surface area (Å²) in [5.41, 5.74) is 8.02. The molecule has 88 valence electrons. The Morgan fingerprint density at radius 2 is 1.94 bits per heavy atom. The molecule has 0 spiro atoms. The molecule has 0 fully saturated rings. The van der Waals surface area contributed by atoms with Crippen LogP contribution in [0.2, 0.25) is 0 Å². The number of hydrogen-bond acceptors (Lipinski definition) is 3. The topological polar surface area (TPSA) is 58.3 Å². The van der Waals surface area contributed by atoms with Crippen LogP contribution < -0.4 is 11.1 Å². The fourth-order valence-electron chi connectivity index (χ4n) is 1.51. The molecule has 0 bridgehead atoms. The van der Waals surface area contributed by atoms with Crippen molar-refractivity contribution in [2.24, 2.45) is 0 Å². The standard InChI is InChI=1S/C13H13FN2O/c14-11-7-10(5-6-13(11)17)16-8-9-3-1-2-4-12(9)15/h1-7,16-17H,8,15H2. The molecular formula is C13H13FN2O. The summed E-state index contributed by atoms with van der Waals surface area (Å²) in [5.74, 6) is -0.995. The van der Waals surface area contributed by atoms with Crippen LogP contribution in [0, 0.1) is 5.82 Å². The molecule has 0 heterocycles. The van der Waals surface area contributed by atoms with Crippen LogP contribution in [0.25, 0.3) is 0 Å². The normalized spacial score (nSPS) is 10.2. The van der Waals surface area contributed by atoms with E-state index in [1.54, 1.807) is 6.07 Å². The molecular weight excluding hydrogens is 219 g/mol. The maximum Gasteiger partial charge on any atom is 0.166 e. The molecule has 4 heteroatoms. The molecule has 0 saturated carbocycles. The van der Waals surface area contributed by atoms with Gasteiger partial charge in [0, 0.05) is 24.0 Å². The Labute approximate surface area is 98.7 Å². The lowest BCUT2D eigenvalue weighted by molar-refractivity contribution is 0.432. The number of nitrogen functional groups attached to an aromatic ring is 1. The zero-order chi connectivity index (χ0) is 12.3. The van der Waals surface area contributed by atoms with Gasteiger partial charge in [-0.25, -0.2) is 4.39 Å². The van der Waals surface area contributed by atoms with Gasteiger partial charge in [0.25, 0.3) is 0 Å². The van der Waals surface area contributed by atoms with Crippen LogP contribution in [0.15, 0.2) is 42.5 Å². The number of halogens is 1. The highest BCUT2D eigenvalue weighted by atomic mass is 19.1. The van der Waals surface area contributed by atoms with Crippen molar-refractivity contribution >= 4 is 11.4 Å². The van der Waals surface area contributed by atoms with E-state index in [2.05, 4.69) is 5.32 Å². The number of benzene rings is 2. The van der Waals surface area contributed by atoms with E-state index in [9.17, 15) is 4.39 Å². The summed E-state index contributed by atoms with van der Waals surface area (Å²) >= 11 is 0. The number of nitrogens with one attached hydrogen (secondary N) is 1. The minimum absolute atomic E-state index is 0.352. The number of hydrogen-bond donors (Lipinski definition) is 3. The molecule has 0 aliphatic heterocycles. The van der Waals surface area contributed by atoms with Crippen molar-refractivity contribution in [3.63, 3.8) is 0 Å². The highest BCUT2D eigenvalue weighted by Crippen LogP contribution is 2.20. The lowest BCUT2D eigenvalue weighted by Gasteiger charge is -2.09. The molecule has 0 aliphatic rings. The lowest BCUT2D eigenvalue weighted by Crippen LogP contribution is -2.02. The number of phenolic OH excluding ortho intramolecular Hbond substituents is 1. The quantitative estimate of drug-likeness (QED) is 0.563. The van der Waals surface area contributed by atoms with Gasteiger partial charge in [-0.3, -0.25) is 0 Å². The van der Waals surface area contributed by atoms with Crippen LogP contribution in [-0.2, 0) is 6.54 Å². The van der Waals surface area contributed by atoms with Crippen molar-refractivity contribution in [1.29, 1.82) is 0 Å². The van der Waals surface area contributed by atoms with Crippen LogP contribution in [-0.4, -0.2) is 5.11 Å². The highest BCUT2D eigenvalue weighted by Gasteiger charge is 2.02. The predicted octanol–water partition coefficient (Wildman–Crippen LogP) is 2.73. The van der Waals surface area contributed by atoms with Crippen LogP contribution in [0.1, 0.15) is 5.56 Å². The van der Waals surface area contributed by atoms with Gasteiger partial charge in [-0.15, -0.1) is 0 Å². The third kappa shape index (κ3) is 2.66. The van der Waals surface area contributed by atoms with Gasteiger partial charge in [-0.2, -0.15) is 0 Å². The summed E-state index contributed by atoms with van der Waals surface area (Å²) in [6.45, 7) is 0.511. The Morgan fingerprint density at radius 3 is 2.65 bits per heavy atom. The van der Waals surface area contributed by atoms with E-state index in [4.69, 9.17) is 10.8 Å². The molecule has 4 N–H and O–H groups in total. The molecule has 0 aromatic heterocycles. The number of anilines is 2. The smallest absolute Gasteiger partial charge is 0.166 e. The minimum atomic E-state index is -0.643. The summed E-state index contributed by atoms with van der Waals surface area (Å²) in [6, 6.07) is 11.6. The number of aromatic hydroxyl groups is 1. The van der Waals surface area contributed by atoms with Crippen molar-refractivity contribution in [2.45, 2.75) is 6.54 Å². The van der Waals surface area contributed by atoms with Gasteiger partial charge in [0.05, 0.1) is 0 Å². The summed E-state index contributed by atoms with van der Waals surface area (Å²) < 4.78 is 13.1. The van der Waals surface area contributed by atoms with E-state index in [0.717, 1.165) is 5.56 Å². The summed E-state index contributed by atoms with van der Waals surface area (Å²) in [4.78, 5) is 0. The van der Waals surface area contributed by atoms with Crippen molar-refractivity contribution in [3.8, 4) is 5.75 Å². The van der Waals surface area contributed by atoms with Crippen LogP contribution >= 0.6 is 0 Å². The van der Waals surface area contributed by atoms with E-state index in [1.165, 1.54) is 12.1 Å². The zero-order valence-electron chi connectivity index (χ0n) is 9.15. The summed E-state index contributed by atoms with van der Waals surface area (Å²) in [6.07, 6.45) is 0. The Balaban J connectivity index is 2.08. The second kappa shape index (κ2) is 4.74. The van der Waals surface area contributed by atoms with Crippen molar-refractivity contribution in [2.75, 3.05) is 11.1 Å². The van der Waals surface area contributed by atoms with Gasteiger partial charge in [-0.1, -0.05) is 18.2 Å². The lowest BCUT2D eigenvalue weighted by atomic mass is 10.2. The fourth-order valence-corrected chi connectivity index (χ4v) is 1.51. The van der Waals surface area contributed by atoms with E-state index in [-0.39, 0.29) is 5.75 Å². The SMILES string of the molecule is Nc1ccccc1CNc1ccc(O)c(F)c1. The molecule has 0 saturated heterocycles. The molecule has 0 atom stereocenters. The second-order valence-corrected chi connectivity index (χ2v) is 3.72. The van der Waals surface area contributed by atoms with Gasteiger partial charge < -0.3 is 16.2 Å². The Hall–Kier alpha value is -2.23. The maximum absolute atomic E-state index is 13.1. The molecule has 2 aromatic carbocycles. The van der Waals surface area contributed by atoms with Crippen molar-refractivity contribution in [1.82, 2.24) is 0 Å².